The van der Waals surface area contributed by atoms with Gasteiger partial charge in [0.25, 0.3) is 0 Å². The Morgan fingerprint density at radius 2 is 2.05 bits per heavy atom. The van der Waals surface area contributed by atoms with E-state index in [2.05, 4.69) is 25.8 Å². The number of hydrogen-bond donors (Lipinski definition) is 2. The molecule has 0 aromatic heterocycles. The maximum absolute atomic E-state index is 13.8. The molecule has 0 fully saturated rings. The van der Waals surface area contributed by atoms with E-state index in [0.29, 0.717) is 0 Å². The summed E-state index contributed by atoms with van der Waals surface area (Å²) in [6, 6.07) is 2.14. The Hall–Kier alpha value is -1.51. The molecule has 0 saturated carbocycles. The smallest absolute Gasteiger partial charge is 0.425 e. The summed E-state index contributed by atoms with van der Waals surface area (Å²) < 4.78 is 54.9. The zero-order valence-corrected chi connectivity index (χ0v) is 11.1. The van der Waals surface area contributed by atoms with Gasteiger partial charge in [0.15, 0.2) is 23.5 Å². The number of oxime groups is 1. The lowest BCUT2D eigenvalue weighted by Crippen LogP contribution is -2.31. The van der Waals surface area contributed by atoms with Crippen molar-refractivity contribution in [2.75, 3.05) is 0 Å². The highest BCUT2D eigenvalue weighted by atomic mass is 79.9. The van der Waals surface area contributed by atoms with Crippen LogP contribution in [0.2, 0.25) is 0 Å². The number of halogens is 5. The van der Waals surface area contributed by atoms with Gasteiger partial charge in [-0.2, -0.15) is 13.2 Å². The molecule has 0 heterocycles. The van der Waals surface area contributed by atoms with Crippen molar-refractivity contribution < 1.29 is 27.5 Å². The normalized spacial score (nSPS) is 14.3. The fourth-order valence-electron chi connectivity index (χ4n) is 1.13. The van der Waals surface area contributed by atoms with Crippen molar-refractivity contribution in [1.82, 2.24) is 0 Å². The van der Waals surface area contributed by atoms with E-state index in [4.69, 9.17) is 10.9 Å². The third kappa shape index (κ3) is 3.49. The molecule has 0 aliphatic carbocycles. The number of amidine groups is 1. The number of rotatable bonds is 3. The Kier molecular flexibility index (Phi) is 4.61. The van der Waals surface area contributed by atoms with Gasteiger partial charge >= 0.3 is 6.18 Å². The van der Waals surface area contributed by atoms with E-state index in [1.807, 2.05) is 0 Å². The van der Waals surface area contributed by atoms with E-state index in [0.717, 1.165) is 13.0 Å². The Morgan fingerprint density at radius 1 is 1.47 bits per heavy atom. The van der Waals surface area contributed by atoms with Crippen LogP contribution < -0.4 is 10.5 Å². The van der Waals surface area contributed by atoms with Crippen molar-refractivity contribution in [2.45, 2.75) is 19.2 Å². The minimum atomic E-state index is -4.61. The van der Waals surface area contributed by atoms with Crippen LogP contribution >= 0.6 is 15.9 Å². The molecule has 1 aromatic rings. The molecule has 1 atom stereocenters. The van der Waals surface area contributed by atoms with Gasteiger partial charge in [-0.05, 0) is 35.0 Å². The standard InChI is InChI=1S/C10H9BrF4N2O2/c1-4(10(13,14)15)19-6-3-2-5(9(16)17-18)7(11)8(6)12/h2-4,18H,1H3,(H2,16,17). The molecule has 0 radical (unpaired) electrons. The second-order valence-electron chi connectivity index (χ2n) is 3.53. The third-order valence-corrected chi connectivity index (χ3v) is 2.97. The van der Waals surface area contributed by atoms with Crippen molar-refractivity contribution in [3.63, 3.8) is 0 Å². The Balaban J connectivity index is 3.11. The van der Waals surface area contributed by atoms with E-state index in [9.17, 15) is 17.6 Å². The predicted molar refractivity (Wildman–Crippen MR) is 62.8 cm³/mol. The molecular weight excluding hydrogens is 336 g/mol. The average molecular weight is 345 g/mol. The van der Waals surface area contributed by atoms with Gasteiger partial charge in [-0.3, -0.25) is 0 Å². The topological polar surface area (TPSA) is 67.8 Å². The maximum Gasteiger partial charge on any atom is 0.425 e. The molecule has 0 spiro atoms. The average Bonchev–Trinajstić information content (AvgIpc) is 2.33. The molecule has 1 rings (SSSR count). The summed E-state index contributed by atoms with van der Waals surface area (Å²) >= 11 is 2.80. The molecule has 19 heavy (non-hydrogen) atoms. The molecule has 0 aliphatic rings. The van der Waals surface area contributed by atoms with Gasteiger partial charge in [-0.25, -0.2) is 4.39 Å². The number of ether oxygens (including phenoxy) is 1. The molecular formula is C10H9BrF4N2O2. The molecule has 0 aliphatic heterocycles. The largest absolute Gasteiger partial charge is 0.478 e. The summed E-state index contributed by atoms with van der Waals surface area (Å²) in [5.41, 5.74) is 5.26. The summed E-state index contributed by atoms with van der Waals surface area (Å²) in [5, 5.41) is 11.1. The maximum atomic E-state index is 13.8. The van der Waals surface area contributed by atoms with E-state index < -0.39 is 23.8 Å². The van der Waals surface area contributed by atoms with Crippen LogP contribution in [0.1, 0.15) is 12.5 Å². The van der Waals surface area contributed by atoms with Gasteiger partial charge in [0, 0.05) is 5.56 Å². The monoisotopic (exact) mass is 344 g/mol. The number of nitrogens with zero attached hydrogens (tertiary/aromatic N) is 1. The minimum absolute atomic E-state index is 0.00740. The second-order valence-corrected chi connectivity index (χ2v) is 4.32. The van der Waals surface area contributed by atoms with Gasteiger partial charge in [0.2, 0.25) is 0 Å². The first-order valence-electron chi connectivity index (χ1n) is 4.87. The zero-order valence-electron chi connectivity index (χ0n) is 9.50. The van der Waals surface area contributed by atoms with Crippen LogP contribution in [0.3, 0.4) is 0 Å². The molecule has 1 unspecified atom stereocenters. The second kappa shape index (κ2) is 5.64. The predicted octanol–water partition coefficient (Wildman–Crippen LogP) is 3.01. The Labute approximate surface area is 114 Å². The van der Waals surface area contributed by atoms with Crippen LogP contribution in [0.5, 0.6) is 5.75 Å². The Bertz CT molecular complexity index is 505. The molecule has 3 N–H and O–H groups in total. The first-order valence-corrected chi connectivity index (χ1v) is 5.67. The Morgan fingerprint density at radius 3 is 2.53 bits per heavy atom. The first-order chi connectivity index (χ1) is 8.68. The SMILES string of the molecule is CC(Oc1ccc(/C(N)=N/O)c(Br)c1F)C(F)(F)F. The summed E-state index contributed by atoms with van der Waals surface area (Å²) in [5.74, 6) is -2.05. The number of benzene rings is 1. The number of alkyl halides is 3. The quantitative estimate of drug-likeness (QED) is 0.291. The molecule has 0 bridgehead atoms. The van der Waals surface area contributed by atoms with Crippen molar-refractivity contribution in [3.05, 3.63) is 28.0 Å². The lowest BCUT2D eigenvalue weighted by molar-refractivity contribution is -0.189. The van der Waals surface area contributed by atoms with Crippen molar-refractivity contribution in [1.29, 1.82) is 0 Å². The van der Waals surface area contributed by atoms with E-state index in [1.54, 1.807) is 0 Å². The van der Waals surface area contributed by atoms with Crippen molar-refractivity contribution >= 4 is 21.8 Å². The first kappa shape index (κ1) is 15.5. The van der Waals surface area contributed by atoms with E-state index >= 15 is 0 Å². The fourth-order valence-corrected chi connectivity index (χ4v) is 1.66. The van der Waals surface area contributed by atoms with Gasteiger partial charge in [-0.1, -0.05) is 5.16 Å². The molecule has 0 saturated heterocycles. The highest BCUT2D eigenvalue weighted by Gasteiger charge is 2.38. The minimum Gasteiger partial charge on any atom is -0.478 e. The van der Waals surface area contributed by atoms with E-state index in [-0.39, 0.29) is 15.9 Å². The van der Waals surface area contributed by atoms with Crippen LogP contribution in [0.4, 0.5) is 17.6 Å². The van der Waals surface area contributed by atoms with Crippen LogP contribution in [0.15, 0.2) is 21.8 Å². The van der Waals surface area contributed by atoms with Gasteiger partial charge in [0.1, 0.15) is 0 Å². The molecule has 9 heteroatoms. The number of hydrogen-bond acceptors (Lipinski definition) is 3. The van der Waals surface area contributed by atoms with Gasteiger partial charge < -0.3 is 15.7 Å². The van der Waals surface area contributed by atoms with Crippen LogP contribution in [0.25, 0.3) is 0 Å². The van der Waals surface area contributed by atoms with Crippen LogP contribution in [-0.2, 0) is 0 Å². The third-order valence-electron chi connectivity index (χ3n) is 2.20. The summed E-state index contributed by atoms with van der Waals surface area (Å²) in [4.78, 5) is 0. The summed E-state index contributed by atoms with van der Waals surface area (Å²) in [7, 11) is 0. The molecule has 106 valence electrons. The zero-order chi connectivity index (χ0) is 14.8. The van der Waals surface area contributed by atoms with Crippen LogP contribution in [-0.4, -0.2) is 23.3 Å². The highest BCUT2D eigenvalue weighted by molar-refractivity contribution is 9.10. The summed E-state index contributed by atoms with van der Waals surface area (Å²) in [6.45, 7) is 0.755. The molecule has 1 aromatic carbocycles. The lowest BCUT2D eigenvalue weighted by Gasteiger charge is -2.18. The lowest BCUT2D eigenvalue weighted by atomic mass is 10.2. The summed E-state index contributed by atoms with van der Waals surface area (Å²) in [6.07, 6.45) is -6.77. The number of nitrogens with two attached hydrogens (primary N) is 1. The van der Waals surface area contributed by atoms with Crippen molar-refractivity contribution in [2.24, 2.45) is 10.9 Å². The highest BCUT2D eigenvalue weighted by Crippen LogP contribution is 2.31. The molecule has 4 nitrogen and oxygen atoms in total. The van der Waals surface area contributed by atoms with Gasteiger partial charge in [-0.15, -0.1) is 0 Å². The van der Waals surface area contributed by atoms with E-state index in [1.165, 1.54) is 6.07 Å². The van der Waals surface area contributed by atoms with Crippen LogP contribution in [0, 0.1) is 5.82 Å². The van der Waals surface area contributed by atoms with Gasteiger partial charge in [0.05, 0.1) is 4.47 Å². The fraction of sp³-hybridized carbons (Fsp3) is 0.300. The van der Waals surface area contributed by atoms with Crippen molar-refractivity contribution in [3.8, 4) is 5.75 Å². The molecule has 0 amide bonds.